The van der Waals surface area contributed by atoms with Gasteiger partial charge in [-0.15, -0.1) is 0 Å². The summed E-state index contributed by atoms with van der Waals surface area (Å²) in [6, 6.07) is 0.316. The Balaban J connectivity index is 0.00000187. The van der Waals surface area contributed by atoms with E-state index in [1.807, 2.05) is 0 Å². The topological polar surface area (TPSA) is 152 Å². The number of aliphatic hydroxyl groups excluding tert-OH is 3. The van der Waals surface area contributed by atoms with Gasteiger partial charge in [-0.3, -0.25) is 0 Å². The van der Waals surface area contributed by atoms with Crippen molar-refractivity contribution in [1.82, 2.24) is 5.32 Å². The molecule has 13 heteroatoms. The van der Waals surface area contributed by atoms with Gasteiger partial charge in [0, 0.05) is 7.11 Å². The summed E-state index contributed by atoms with van der Waals surface area (Å²) in [5, 5.41) is 27.2. The van der Waals surface area contributed by atoms with Crippen molar-refractivity contribution in [3.63, 3.8) is 0 Å². The maximum absolute atomic E-state index is 12.8. The number of nitrogens with zero attached hydrogens (tertiary/aromatic N) is 1. The minimum absolute atomic E-state index is 0.129. The van der Waals surface area contributed by atoms with E-state index in [1.54, 1.807) is 0 Å². The Kier molecular flexibility index (Phi) is 11.7. The van der Waals surface area contributed by atoms with Crippen LogP contribution in [0.1, 0.15) is 38.5 Å². The van der Waals surface area contributed by atoms with Crippen LogP contribution in [0.25, 0.3) is 0 Å². The Hall–Kier alpha value is -0.106. The van der Waals surface area contributed by atoms with Crippen molar-refractivity contribution in [3.8, 4) is 0 Å². The van der Waals surface area contributed by atoms with Crippen molar-refractivity contribution < 1.29 is 48.4 Å². The molecule has 0 aromatic rings. The second kappa shape index (κ2) is 13.3. The number of ether oxygens (including phenoxy) is 3. The molecule has 3 aliphatic rings. The molecule has 0 saturated carbocycles. The normalized spacial score (nSPS) is 25.2. The first-order valence-corrected chi connectivity index (χ1v) is 15.0. The fraction of sp³-hybridized carbons (Fsp3) is 0.850. The van der Waals surface area contributed by atoms with E-state index in [9.17, 15) is 14.4 Å². The zero-order valence-electron chi connectivity index (χ0n) is 18.8. The van der Waals surface area contributed by atoms with E-state index in [4.69, 9.17) is 29.5 Å². The molecule has 3 fully saturated rings. The van der Waals surface area contributed by atoms with Gasteiger partial charge in [-0.2, -0.15) is 0 Å². The molecule has 3 rings (SSSR count). The Morgan fingerprint density at radius 2 is 1.61 bits per heavy atom. The predicted molar refractivity (Wildman–Crippen MR) is 116 cm³/mol. The summed E-state index contributed by atoms with van der Waals surface area (Å²) in [5.41, 5.74) is 0. The standard InChI is InChI=1S/C19H28N2O8.CH4O.2Pb/c22-9-13(10-23)20-17(24)11-27-19(26)28-12-18(25)29-16-7-14-3-4-15(8-16)21(14)5-1-2-6-21;1-2;;/h13-16,22-23H,1-11H2;2H,1H3;;/p+1. The van der Waals surface area contributed by atoms with Crippen molar-refractivity contribution in [2.75, 3.05) is 40.0 Å². The van der Waals surface area contributed by atoms with Gasteiger partial charge in [0.1, 0.15) is 0 Å². The number of aliphatic hydroxyl groups is 3. The molecule has 3 heterocycles. The van der Waals surface area contributed by atoms with Crippen LogP contribution >= 0.6 is 0 Å². The van der Waals surface area contributed by atoms with E-state index in [1.165, 1.54) is 43.3 Å². The van der Waals surface area contributed by atoms with Crippen LogP contribution in [0.3, 0.4) is 0 Å². The third-order valence-corrected chi connectivity index (χ3v) is 9.06. The molecule has 3 saturated heterocycles. The van der Waals surface area contributed by atoms with E-state index in [0.29, 0.717) is 12.1 Å². The van der Waals surface area contributed by atoms with Crippen molar-refractivity contribution >= 4 is 69.6 Å². The second-order valence-electron chi connectivity index (χ2n) is 8.59. The molecule has 0 aromatic heterocycles. The zero-order chi connectivity index (χ0) is 24.6. The maximum atomic E-state index is 12.8. The van der Waals surface area contributed by atoms with Gasteiger partial charge in [0.25, 0.3) is 0 Å². The summed E-state index contributed by atoms with van der Waals surface area (Å²) in [5.74, 6) is -1.19. The number of carbonyl (C=O) groups is 3. The third kappa shape index (κ3) is 7.44. The van der Waals surface area contributed by atoms with Gasteiger partial charge < -0.3 is 5.11 Å². The van der Waals surface area contributed by atoms with Crippen LogP contribution in [-0.2, 0) is 23.8 Å². The summed E-state index contributed by atoms with van der Waals surface area (Å²) < 4.78 is 15.7. The average Bonchev–Trinajstić information content (AvgIpc) is 3.33. The van der Waals surface area contributed by atoms with Gasteiger partial charge in [0.2, 0.25) is 0 Å². The number of amides is 1. The molecular formula is C20H33N2O9Pb2+. The Morgan fingerprint density at radius 3 is 2.12 bits per heavy atom. The molecule has 184 valence electrons. The third-order valence-electron chi connectivity index (χ3n) is 6.68. The fourth-order valence-electron chi connectivity index (χ4n) is 5.28. The predicted octanol–water partition coefficient (Wildman–Crippen LogP) is -1.94. The van der Waals surface area contributed by atoms with Gasteiger partial charge >= 0.3 is 215 Å². The number of nitrogens with one attached hydrogen (secondary N) is 1. The van der Waals surface area contributed by atoms with Crippen molar-refractivity contribution in [1.29, 1.82) is 0 Å². The van der Waals surface area contributed by atoms with Crippen LogP contribution in [0.2, 0.25) is 0 Å². The summed E-state index contributed by atoms with van der Waals surface area (Å²) in [4.78, 5) is 36.4. The van der Waals surface area contributed by atoms with Gasteiger partial charge in [-0.1, -0.05) is 0 Å². The van der Waals surface area contributed by atoms with Crippen LogP contribution in [0, 0.1) is 0 Å². The Bertz CT molecular complexity index is 668. The number of hydrogen-bond acceptors (Lipinski definition) is 9. The van der Waals surface area contributed by atoms with E-state index in [2.05, 4.69) is 5.32 Å². The summed E-state index contributed by atoms with van der Waals surface area (Å²) >= 11 is 0.525. The first-order valence-electron chi connectivity index (χ1n) is 11.1. The summed E-state index contributed by atoms with van der Waals surface area (Å²) in [7, 11) is 1.00. The second-order valence-corrected chi connectivity index (χ2v) is 21.6. The molecule has 2 unspecified atom stereocenters. The first-order chi connectivity index (χ1) is 15.7. The van der Waals surface area contributed by atoms with Crippen LogP contribution in [0.4, 0.5) is 4.79 Å². The molecule has 0 aliphatic carbocycles. The van der Waals surface area contributed by atoms with Crippen LogP contribution in [0.5, 0.6) is 0 Å². The molecule has 0 aromatic carbocycles. The fourth-order valence-corrected chi connectivity index (χ4v) is 6.39. The van der Waals surface area contributed by atoms with Gasteiger partial charge in [-0.25, -0.2) is 0 Å². The number of carbonyl (C=O) groups excluding carboxylic acids is 3. The number of quaternary nitrogens is 1. The monoisotopic (exact) mass is 861 g/mol. The molecule has 4 N–H and O–H groups in total. The molecule has 2 bridgehead atoms. The Morgan fingerprint density at radius 1 is 1.06 bits per heavy atom. The molecular weight excluding hydrogens is 827 g/mol. The van der Waals surface area contributed by atoms with Crippen molar-refractivity contribution in [3.05, 3.63) is 0 Å². The summed E-state index contributed by atoms with van der Waals surface area (Å²) in [6.45, 7) is 0.995. The minimum atomic E-state index is -1.28. The molecule has 6 radical (unpaired) electrons. The zero-order valence-corrected chi connectivity index (χ0v) is 26.6. The number of rotatable bonds is 8. The molecule has 3 aliphatic heterocycles. The number of hydrogen-bond donors (Lipinski definition) is 4. The van der Waals surface area contributed by atoms with Crippen LogP contribution in [-0.4, -0.2) is 154 Å². The van der Waals surface area contributed by atoms with Crippen molar-refractivity contribution in [2.45, 2.75) is 63.5 Å². The van der Waals surface area contributed by atoms with Crippen molar-refractivity contribution in [2.24, 2.45) is 0 Å². The van der Waals surface area contributed by atoms with Gasteiger partial charge in [0.15, 0.2) is 0 Å². The Labute approximate surface area is 225 Å². The van der Waals surface area contributed by atoms with E-state index < -0.39 is 44.6 Å². The quantitative estimate of drug-likeness (QED) is 0.124. The molecule has 11 nitrogen and oxygen atoms in total. The SMILES string of the molecule is CO.O=C(COC(=O)O[C]([Pb])([Pb])C(=O)OC1CC2CCC(C1)[N+]21CCCC1)NC(CO)CO. The summed E-state index contributed by atoms with van der Waals surface area (Å²) in [6.07, 6.45) is 5.50. The number of piperidine rings is 1. The van der Waals surface area contributed by atoms with Crippen LogP contribution < -0.4 is 5.32 Å². The molecule has 1 spiro atoms. The first kappa shape index (κ1) is 29.1. The molecule has 33 heavy (non-hydrogen) atoms. The average molecular weight is 860 g/mol. The van der Waals surface area contributed by atoms with E-state index >= 15 is 0 Å². The molecule has 2 atom stereocenters. The number of esters is 1. The van der Waals surface area contributed by atoms with E-state index in [-0.39, 0.29) is 57.6 Å². The van der Waals surface area contributed by atoms with Gasteiger partial charge in [0.05, 0.1) is 0 Å². The van der Waals surface area contributed by atoms with Gasteiger partial charge in [-0.05, 0) is 0 Å². The van der Waals surface area contributed by atoms with Crippen LogP contribution in [0.15, 0.2) is 0 Å². The molecule has 1 amide bonds. The van der Waals surface area contributed by atoms with E-state index in [0.717, 1.165) is 20.0 Å².